The van der Waals surface area contributed by atoms with Crippen molar-refractivity contribution < 1.29 is 62.3 Å². The van der Waals surface area contributed by atoms with E-state index in [1.165, 1.54) is 12.0 Å². The second kappa shape index (κ2) is 26.5. The van der Waals surface area contributed by atoms with Crippen LogP contribution in [0.3, 0.4) is 0 Å². The highest BCUT2D eigenvalue weighted by Crippen LogP contribution is 2.38. The molecule has 3 heterocycles. The Balaban J connectivity index is 1.76. The van der Waals surface area contributed by atoms with Crippen molar-refractivity contribution in [2.24, 2.45) is 35.5 Å². The normalized spacial score (nSPS) is 36.6. The van der Waals surface area contributed by atoms with Crippen LogP contribution in [0, 0.1) is 35.5 Å². The van der Waals surface area contributed by atoms with Crippen LogP contribution < -0.4 is 0 Å². The van der Waals surface area contributed by atoms with Gasteiger partial charge in [0.05, 0.1) is 30.5 Å². The number of hydrogen-bond donors (Lipinski definition) is 2. The van der Waals surface area contributed by atoms with Crippen LogP contribution in [0.2, 0.25) is 19.6 Å². The SMILES string of the molecule is COC1C[C@H]2CCC(C)[C@@](O)(O2)C(=O)C(=O)N2CCCC[C@@H]2C(=O)O[C@H](C(C)CC2CCC(O)C(OC)C2)CC(=O)C(C)C=C(C)C(O[Si](C)(C)C)C(OC)C(=O)C(C)CC(C)C=CC=CC=C1C. The van der Waals surface area contributed by atoms with Gasteiger partial charge in [-0.15, -0.1) is 0 Å². The number of hydrogen-bond acceptors (Lipinski definition) is 13. The van der Waals surface area contributed by atoms with Crippen LogP contribution in [0.5, 0.6) is 0 Å². The zero-order valence-corrected chi connectivity index (χ0v) is 45.1. The number of carbonyl (C=O) groups excluding carboxylic acids is 5. The Labute approximate surface area is 414 Å². The van der Waals surface area contributed by atoms with Crippen molar-refractivity contribution in [3.63, 3.8) is 0 Å². The number of nitrogens with zero attached hydrogens (tertiary/aromatic N) is 1. The summed E-state index contributed by atoms with van der Waals surface area (Å²) in [5.74, 6) is -7.43. The summed E-state index contributed by atoms with van der Waals surface area (Å²) in [5.41, 5.74) is 1.58. The standard InChI is InChI=1S/C54H87NO13Si/c1-33-19-15-14-16-20-34(2)45(63-8)31-41-24-22-39(7)54(62,67-41)51(59)52(60)55-26-18-17-21-42(55)53(61)66-46(36(4)29-40-23-25-43(56)47(30-40)64-9)32-44(57)35(3)28-38(6)49(68-69(11,12)13)50(65-10)48(58)37(5)27-33/h14-16,19-20,28,33,35-37,39-43,45-47,49-50,56,62H,17-18,21-27,29-32H2,1-13H3/t33?,35?,36?,37?,39?,40?,41-,42-,43?,45?,46+,47?,49?,50?,54-/m1/s1. The van der Waals surface area contributed by atoms with Crippen LogP contribution in [0.15, 0.2) is 47.6 Å². The largest absolute Gasteiger partial charge is 0.460 e. The Morgan fingerprint density at radius 2 is 1.55 bits per heavy atom. The number of carbonyl (C=O) groups is 5. The highest BCUT2D eigenvalue weighted by atomic mass is 28.4. The van der Waals surface area contributed by atoms with Crippen molar-refractivity contribution in [2.75, 3.05) is 27.9 Å². The van der Waals surface area contributed by atoms with E-state index in [1.807, 2.05) is 83.8 Å². The molecule has 14 nitrogen and oxygen atoms in total. The van der Waals surface area contributed by atoms with Gasteiger partial charge in [-0.2, -0.15) is 0 Å². The Morgan fingerprint density at radius 3 is 2.20 bits per heavy atom. The minimum atomic E-state index is -2.42. The number of amides is 1. The molecule has 1 aliphatic carbocycles. The molecule has 15 atom stereocenters. The first-order valence-electron chi connectivity index (χ1n) is 25.6. The molecule has 1 saturated carbocycles. The predicted molar refractivity (Wildman–Crippen MR) is 267 cm³/mol. The predicted octanol–water partition coefficient (Wildman–Crippen LogP) is 8.04. The van der Waals surface area contributed by atoms with Crippen LogP contribution in [0.25, 0.3) is 0 Å². The van der Waals surface area contributed by atoms with Crippen molar-refractivity contribution >= 4 is 37.5 Å². The van der Waals surface area contributed by atoms with Crippen molar-refractivity contribution in [3.05, 3.63) is 47.6 Å². The molecule has 2 N–H and O–H groups in total. The zero-order chi connectivity index (χ0) is 51.4. The molecule has 1 amide bonds. The molecule has 0 radical (unpaired) electrons. The Kier molecular flexibility index (Phi) is 22.4. The van der Waals surface area contributed by atoms with Crippen molar-refractivity contribution in [1.29, 1.82) is 0 Å². The van der Waals surface area contributed by atoms with Gasteiger partial charge in [-0.1, -0.05) is 71.1 Å². The van der Waals surface area contributed by atoms with E-state index in [1.54, 1.807) is 28.1 Å². The first kappa shape index (κ1) is 58.4. The third-order valence-corrected chi connectivity index (χ3v) is 15.9. The summed E-state index contributed by atoms with van der Waals surface area (Å²) in [6.07, 6.45) is 12.7. The number of Topliss-reactive ketones (excluding diaryl/α,β-unsaturated/α-hetero) is 3. The molecule has 15 heteroatoms. The number of ketones is 3. The summed E-state index contributed by atoms with van der Waals surface area (Å²) in [4.78, 5) is 73.1. The highest BCUT2D eigenvalue weighted by Gasteiger charge is 2.53. The Bertz CT molecular complexity index is 1870. The maximum absolute atomic E-state index is 14.5. The third-order valence-electron chi connectivity index (χ3n) is 14.9. The maximum Gasteiger partial charge on any atom is 0.329 e. The summed E-state index contributed by atoms with van der Waals surface area (Å²) in [5, 5.41) is 22.5. The van der Waals surface area contributed by atoms with E-state index in [2.05, 4.69) is 6.92 Å². The minimum Gasteiger partial charge on any atom is -0.460 e. The third kappa shape index (κ3) is 16.2. The second-order valence-electron chi connectivity index (χ2n) is 21.8. The van der Waals surface area contributed by atoms with E-state index in [9.17, 15) is 34.2 Å². The summed E-state index contributed by atoms with van der Waals surface area (Å²) >= 11 is 0. The smallest absolute Gasteiger partial charge is 0.329 e. The minimum absolute atomic E-state index is 0.0556. The van der Waals surface area contributed by atoms with E-state index < -0.39 is 86.3 Å². The van der Waals surface area contributed by atoms with E-state index in [4.69, 9.17) is 28.1 Å². The number of methoxy groups -OCH3 is 3. The number of piperidine rings is 1. The van der Waals surface area contributed by atoms with Crippen molar-refractivity contribution in [3.8, 4) is 0 Å². The van der Waals surface area contributed by atoms with E-state index >= 15 is 0 Å². The molecular weight excluding hydrogens is 899 g/mol. The molecular formula is C54H87NO13Si. The molecule has 69 heavy (non-hydrogen) atoms. The molecule has 2 saturated heterocycles. The lowest BCUT2D eigenvalue weighted by Crippen LogP contribution is -2.61. The molecule has 4 rings (SSSR count). The van der Waals surface area contributed by atoms with Crippen molar-refractivity contribution in [2.45, 2.75) is 200 Å². The summed E-state index contributed by atoms with van der Waals surface area (Å²) in [7, 11) is 2.40. The summed E-state index contributed by atoms with van der Waals surface area (Å²) in [6.45, 7) is 19.4. The number of esters is 1. The summed E-state index contributed by atoms with van der Waals surface area (Å²) in [6, 6.07) is -1.13. The van der Waals surface area contributed by atoms with Gasteiger partial charge in [0.2, 0.25) is 5.79 Å². The molecule has 0 aromatic carbocycles. The maximum atomic E-state index is 14.5. The highest BCUT2D eigenvalue weighted by molar-refractivity contribution is 6.69. The lowest BCUT2D eigenvalue weighted by atomic mass is 9.78. The average molecular weight is 986 g/mol. The van der Waals surface area contributed by atoms with E-state index in [0.29, 0.717) is 63.4 Å². The lowest BCUT2D eigenvalue weighted by Gasteiger charge is -2.42. The molecule has 390 valence electrons. The number of cyclic esters (lactones) is 1. The number of aliphatic hydroxyl groups excluding tert-OH is 1. The average Bonchev–Trinajstić information content (AvgIpc) is 3.30. The number of fused-ring (bicyclic) bond motifs is 3. The molecule has 4 aliphatic rings. The number of rotatable bonds is 8. The monoisotopic (exact) mass is 986 g/mol. The van der Waals surface area contributed by atoms with Crippen LogP contribution in [-0.2, 0) is 52.1 Å². The molecule has 3 aliphatic heterocycles. The zero-order valence-electron chi connectivity index (χ0n) is 44.1. The Morgan fingerprint density at radius 1 is 0.841 bits per heavy atom. The molecule has 0 spiro atoms. The summed E-state index contributed by atoms with van der Waals surface area (Å²) < 4.78 is 36.7. The lowest BCUT2D eigenvalue weighted by molar-refractivity contribution is -0.265. The number of allylic oxidation sites excluding steroid dienone is 6. The molecule has 11 unspecified atom stereocenters. The van der Waals surface area contributed by atoms with Gasteiger partial charge in [-0.25, -0.2) is 4.79 Å². The number of ether oxygens (including phenoxy) is 5. The van der Waals surface area contributed by atoms with E-state index in [0.717, 1.165) is 12.0 Å². The quantitative estimate of drug-likeness (QED) is 0.103. The molecule has 0 aromatic heterocycles. The van der Waals surface area contributed by atoms with Gasteiger partial charge in [0, 0.05) is 58.5 Å². The Hall–Kier alpha value is -3.15. The van der Waals surface area contributed by atoms with Crippen LogP contribution in [0.4, 0.5) is 0 Å². The first-order chi connectivity index (χ1) is 32.4. The topological polar surface area (TPSA) is 184 Å². The second-order valence-corrected chi connectivity index (χ2v) is 26.3. The van der Waals surface area contributed by atoms with Crippen LogP contribution in [0.1, 0.15) is 126 Å². The van der Waals surface area contributed by atoms with Crippen molar-refractivity contribution in [1.82, 2.24) is 4.90 Å². The van der Waals surface area contributed by atoms with Gasteiger partial charge in [-0.05, 0) is 127 Å². The van der Waals surface area contributed by atoms with Gasteiger partial charge >= 0.3 is 5.97 Å². The molecule has 0 aromatic rings. The van der Waals surface area contributed by atoms with Crippen LogP contribution in [-0.4, -0.2) is 135 Å². The van der Waals surface area contributed by atoms with Gasteiger partial charge in [0.1, 0.15) is 24.0 Å². The van der Waals surface area contributed by atoms with Gasteiger partial charge < -0.3 is 43.2 Å². The fourth-order valence-electron chi connectivity index (χ4n) is 10.6. The van der Waals surface area contributed by atoms with E-state index in [-0.39, 0.29) is 60.7 Å². The van der Waals surface area contributed by atoms with Crippen LogP contribution >= 0.6 is 0 Å². The fraction of sp³-hybridized carbons (Fsp3) is 0.759. The molecule has 2 bridgehead atoms. The van der Waals surface area contributed by atoms with Gasteiger partial charge in [-0.3, -0.25) is 19.2 Å². The molecule has 3 fully saturated rings. The first-order valence-corrected chi connectivity index (χ1v) is 29.0. The van der Waals surface area contributed by atoms with Gasteiger partial charge in [0.15, 0.2) is 14.1 Å². The fourth-order valence-corrected chi connectivity index (χ4v) is 11.7. The number of aliphatic hydroxyl groups is 2. The van der Waals surface area contributed by atoms with Gasteiger partial charge in [0.25, 0.3) is 11.7 Å².